The quantitative estimate of drug-likeness (QED) is 0.909. The minimum absolute atomic E-state index is 0.0807. The van der Waals surface area contributed by atoms with E-state index in [0.717, 1.165) is 29.1 Å². The van der Waals surface area contributed by atoms with Gasteiger partial charge in [0.1, 0.15) is 11.5 Å². The van der Waals surface area contributed by atoms with E-state index in [4.69, 9.17) is 4.42 Å². The highest BCUT2D eigenvalue weighted by molar-refractivity contribution is 5.76. The number of carbonyl (C=O) groups excluding carboxylic acids is 1. The van der Waals surface area contributed by atoms with Crippen LogP contribution in [0.5, 0.6) is 0 Å². The van der Waals surface area contributed by atoms with Crippen molar-refractivity contribution >= 4 is 6.03 Å². The second kappa shape index (κ2) is 6.69. The molecule has 5 heteroatoms. The van der Waals surface area contributed by atoms with Crippen LogP contribution in [-0.2, 0) is 6.42 Å². The van der Waals surface area contributed by atoms with E-state index >= 15 is 0 Å². The monoisotopic (exact) mass is 328 g/mol. The Hall–Kier alpha value is -2.27. The van der Waals surface area contributed by atoms with Crippen molar-refractivity contribution in [2.24, 2.45) is 0 Å². The van der Waals surface area contributed by atoms with Crippen molar-refractivity contribution in [3.05, 3.63) is 58.5 Å². The van der Waals surface area contributed by atoms with Gasteiger partial charge in [0.25, 0.3) is 0 Å². The molecule has 0 saturated heterocycles. The first-order chi connectivity index (χ1) is 11.5. The molecule has 2 amide bonds. The van der Waals surface area contributed by atoms with Crippen LogP contribution in [0, 0.1) is 13.8 Å². The number of rotatable bonds is 3. The van der Waals surface area contributed by atoms with Crippen molar-refractivity contribution in [3.63, 3.8) is 0 Å². The van der Waals surface area contributed by atoms with Crippen molar-refractivity contribution in [1.82, 2.24) is 10.2 Å². The number of urea groups is 1. The summed E-state index contributed by atoms with van der Waals surface area (Å²) in [5.41, 5.74) is 3.22. The summed E-state index contributed by atoms with van der Waals surface area (Å²) in [6.45, 7) is 6.26. The van der Waals surface area contributed by atoms with Gasteiger partial charge in [-0.25, -0.2) is 4.79 Å². The molecule has 2 aromatic rings. The number of hydrogen-bond acceptors (Lipinski definition) is 3. The summed E-state index contributed by atoms with van der Waals surface area (Å²) in [5, 5.41) is 12.9. The van der Waals surface area contributed by atoms with Crippen molar-refractivity contribution in [3.8, 4) is 0 Å². The van der Waals surface area contributed by atoms with Gasteiger partial charge in [0.15, 0.2) is 0 Å². The maximum atomic E-state index is 12.8. The highest BCUT2D eigenvalue weighted by atomic mass is 16.3. The summed E-state index contributed by atoms with van der Waals surface area (Å²) in [5.74, 6) is 1.66. The largest absolute Gasteiger partial charge is 0.466 e. The average molecular weight is 328 g/mol. The van der Waals surface area contributed by atoms with Crippen LogP contribution in [0.1, 0.15) is 47.2 Å². The molecule has 2 unspecified atom stereocenters. The minimum atomic E-state index is -0.297. The van der Waals surface area contributed by atoms with Gasteiger partial charge in [0.05, 0.1) is 18.7 Å². The maximum absolute atomic E-state index is 12.8. The lowest BCUT2D eigenvalue weighted by Crippen LogP contribution is -2.47. The van der Waals surface area contributed by atoms with Gasteiger partial charge < -0.3 is 19.7 Å². The van der Waals surface area contributed by atoms with Crippen LogP contribution >= 0.6 is 0 Å². The first-order valence-corrected chi connectivity index (χ1v) is 8.34. The molecule has 2 atom stereocenters. The lowest BCUT2D eigenvalue weighted by Gasteiger charge is -2.37. The number of nitrogens with zero attached hydrogens (tertiary/aromatic N) is 1. The number of nitrogens with one attached hydrogen (secondary N) is 1. The molecule has 24 heavy (non-hydrogen) atoms. The molecule has 0 bridgehead atoms. The number of fused-ring (bicyclic) bond motifs is 1. The number of carbonyl (C=O) groups is 1. The Morgan fingerprint density at radius 2 is 2.17 bits per heavy atom. The second-order valence-corrected chi connectivity index (χ2v) is 6.38. The predicted octanol–water partition coefficient (Wildman–Crippen LogP) is 3.26. The number of hydrogen-bond donors (Lipinski definition) is 2. The number of aliphatic hydroxyl groups is 1. The third-order valence-electron chi connectivity index (χ3n) is 4.73. The van der Waals surface area contributed by atoms with Gasteiger partial charge in [-0.2, -0.15) is 0 Å². The average Bonchev–Trinajstić information content (AvgIpc) is 2.92. The predicted molar refractivity (Wildman–Crippen MR) is 91.8 cm³/mol. The fraction of sp³-hybridized carbons (Fsp3) is 0.421. The SMILES string of the molecule is Cc1cc(C(C)NC(=O)N2CCc3ccccc3C2CO)c(C)o1. The minimum Gasteiger partial charge on any atom is -0.466 e. The Morgan fingerprint density at radius 3 is 2.83 bits per heavy atom. The Morgan fingerprint density at radius 1 is 1.42 bits per heavy atom. The van der Waals surface area contributed by atoms with Gasteiger partial charge in [0.2, 0.25) is 0 Å². The van der Waals surface area contributed by atoms with Crippen LogP contribution in [0.4, 0.5) is 4.79 Å². The third kappa shape index (κ3) is 3.04. The Bertz CT molecular complexity index is 738. The number of amides is 2. The van der Waals surface area contributed by atoms with Crippen molar-refractivity contribution in [1.29, 1.82) is 0 Å². The fourth-order valence-corrected chi connectivity index (χ4v) is 3.52. The lowest BCUT2D eigenvalue weighted by atomic mass is 9.93. The van der Waals surface area contributed by atoms with Gasteiger partial charge >= 0.3 is 6.03 Å². The molecular weight excluding hydrogens is 304 g/mol. The first-order valence-electron chi connectivity index (χ1n) is 8.34. The molecule has 2 heterocycles. The molecule has 1 aromatic heterocycles. The zero-order valence-electron chi connectivity index (χ0n) is 14.4. The molecule has 0 fully saturated rings. The topological polar surface area (TPSA) is 65.7 Å². The molecule has 0 aliphatic carbocycles. The zero-order chi connectivity index (χ0) is 17.3. The van der Waals surface area contributed by atoms with Crippen molar-refractivity contribution in [2.75, 3.05) is 13.2 Å². The van der Waals surface area contributed by atoms with E-state index in [2.05, 4.69) is 11.4 Å². The molecule has 1 aliphatic rings. The highest BCUT2D eigenvalue weighted by Gasteiger charge is 2.31. The number of benzene rings is 1. The van der Waals surface area contributed by atoms with Gasteiger partial charge in [-0.15, -0.1) is 0 Å². The molecule has 0 saturated carbocycles. The van der Waals surface area contributed by atoms with Gasteiger partial charge in [-0.05, 0) is 44.4 Å². The van der Waals surface area contributed by atoms with Gasteiger partial charge in [-0.1, -0.05) is 24.3 Å². The van der Waals surface area contributed by atoms with E-state index in [1.165, 1.54) is 5.56 Å². The summed E-state index contributed by atoms with van der Waals surface area (Å²) >= 11 is 0. The number of aliphatic hydroxyl groups excluding tert-OH is 1. The van der Waals surface area contributed by atoms with E-state index in [1.54, 1.807) is 4.90 Å². The van der Waals surface area contributed by atoms with Crippen LogP contribution in [0.15, 0.2) is 34.7 Å². The summed E-state index contributed by atoms with van der Waals surface area (Å²) in [4.78, 5) is 14.5. The number of furan rings is 1. The summed E-state index contributed by atoms with van der Waals surface area (Å²) in [7, 11) is 0. The normalized spacial score (nSPS) is 18.2. The Balaban J connectivity index is 1.76. The van der Waals surface area contributed by atoms with Crippen LogP contribution in [-0.4, -0.2) is 29.2 Å². The van der Waals surface area contributed by atoms with Crippen LogP contribution < -0.4 is 5.32 Å². The molecule has 0 radical (unpaired) electrons. The van der Waals surface area contributed by atoms with Crippen LogP contribution in [0.25, 0.3) is 0 Å². The molecule has 3 rings (SSSR count). The van der Waals surface area contributed by atoms with Crippen molar-refractivity contribution in [2.45, 2.75) is 39.3 Å². The van der Waals surface area contributed by atoms with E-state index in [0.29, 0.717) is 6.54 Å². The Kier molecular flexibility index (Phi) is 4.62. The summed E-state index contributed by atoms with van der Waals surface area (Å²) in [6.07, 6.45) is 0.804. The van der Waals surface area contributed by atoms with Gasteiger partial charge in [0, 0.05) is 12.1 Å². The fourth-order valence-electron chi connectivity index (χ4n) is 3.52. The zero-order valence-corrected chi connectivity index (χ0v) is 14.4. The van der Waals surface area contributed by atoms with Crippen LogP contribution in [0.3, 0.4) is 0 Å². The van der Waals surface area contributed by atoms with E-state index < -0.39 is 0 Å². The smallest absolute Gasteiger partial charge is 0.318 e. The van der Waals surface area contributed by atoms with E-state index in [9.17, 15) is 9.90 Å². The molecule has 0 spiro atoms. The molecule has 128 valence electrons. The van der Waals surface area contributed by atoms with E-state index in [1.807, 2.05) is 45.0 Å². The maximum Gasteiger partial charge on any atom is 0.318 e. The van der Waals surface area contributed by atoms with Crippen molar-refractivity contribution < 1.29 is 14.3 Å². The lowest BCUT2D eigenvalue weighted by molar-refractivity contribution is 0.125. The first kappa shape index (κ1) is 16.6. The van der Waals surface area contributed by atoms with Gasteiger partial charge in [-0.3, -0.25) is 0 Å². The molecule has 2 N–H and O–H groups in total. The summed E-state index contributed by atoms with van der Waals surface area (Å²) < 4.78 is 5.55. The molecular formula is C19H24N2O3. The third-order valence-corrected chi connectivity index (χ3v) is 4.73. The summed E-state index contributed by atoms with van der Waals surface area (Å²) in [6, 6.07) is 9.35. The highest BCUT2D eigenvalue weighted by Crippen LogP contribution is 2.30. The molecule has 1 aromatic carbocycles. The number of aryl methyl sites for hydroxylation is 2. The second-order valence-electron chi connectivity index (χ2n) is 6.38. The Labute approximate surface area is 142 Å². The van der Waals surface area contributed by atoms with Crippen LogP contribution in [0.2, 0.25) is 0 Å². The molecule has 5 nitrogen and oxygen atoms in total. The standard InChI is InChI=1S/C19H24N2O3/c1-12-10-17(14(3)24-12)13(2)20-19(23)21-9-8-15-6-4-5-7-16(15)18(21)11-22/h4-7,10,13,18,22H,8-9,11H2,1-3H3,(H,20,23). The van der Waals surface area contributed by atoms with E-state index in [-0.39, 0.29) is 24.7 Å². The molecule has 1 aliphatic heterocycles.